The number of piperazine rings is 1. The molecular formula is C22H22N6O2S. The van der Waals surface area contributed by atoms with Crippen LogP contribution in [0.3, 0.4) is 0 Å². The highest BCUT2D eigenvalue weighted by molar-refractivity contribution is 7.89. The summed E-state index contributed by atoms with van der Waals surface area (Å²) in [6.45, 7) is 3.85. The number of hydrogen-bond acceptors (Lipinski definition) is 6. The monoisotopic (exact) mass is 434 g/mol. The van der Waals surface area contributed by atoms with Crippen molar-refractivity contribution in [1.29, 1.82) is 0 Å². The predicted molar refractivity (Wildman–Crippen MR) is 118 cm³/mol. The van der Waals surface area contributed by atoms with Crippen LogP contribution in [0.1, 0.15) is 5.56 Å². The first kappa shape index (κ1) is 19.7. The van der Waals surface area contributed by atoms with Crippen molar-refractivity contribution in [1.82, 2.24) is 23.9 Å². The molecule has 1 aliphatic rings. The average molecular weight is 435 g/mol. The molecule has 9 heteroatoms. The number of benzene rings is 2. The van der Waals surface area contributed by atoms with E-state index >= 15 is 0 Å². The summed E-state index contributed by atoms with van der Waals surface area (Å²) in [5.74, 6) is 1.37. The lowest BCUT2D eigenvalue weighted by atomic mass is 10.1. The second-order valence-electron chi connectivity index (χ2n) is 7.54. The topological polar surface area (TPSA) is 83.7 Å². The lowest BCUT2D eigenvalue weighted by Gasteiger charge is -2.35. The minimum absolute atomic E-state index is 0.334. The number of aromatic nitrogens is 4. The lowest BCUT2D eigenvalue weighted by Crippen LogP contribution is -2.49. The van der Waals surface area contributed by atoms with Crippen LogP contribution in [0.25, 0.3) is 17.0 Å². The van der Waals surface area contributed by atoms with Crippen molar-refractivity contribution in [3.8, 4) is 11.3 Å². The van der Waals surface area contributed by atoms with E-state index in [1.165, 1.54) is 6.33 Å². The summed E-state index contributed by atoms with van der Waals surface area (Å²) in [6, 6.07) is 18.9. The third kappa shape index (κ3) is 3.66. The van der Waals surface area contributed by atoms with E-state index in [-0.39, 0.29) is 0 Å². The Labute approximate surface area is 180 Å². The van der Waals surface area contributed by atoms with E-state index in [4.69, 9.17) is 0 Å². The maximum absolute atomic E-state index is 13.0. The zero-order valence-corrected chi connectivity index (χ0v) is 17.9. The van der Waals surface area contributed by atoms with E-state index in [9.17, 15) is 8.42 Å². The van der Waals surface area contributed by atoms with Crippen molar-refractivity contribution >= 4 is 21.6 Å². The van der Waals surface area contributed by atoms with Crippen LogP contribution in [0.5, 0.6) is 0 Å². The molecular weight excluding hydrogens is 412 g/mol. The molecule has 8 nitrogen and oxygen atoms in total. The van der Waals surface area contributed by atoms with Crippen molar-refractivity contribution in [3.05, 3.63) is 72.6 Å². The molecule has 1 saturated heterocycles. The van der Waals surface area contributed by atoms with Gasteiger partial charge in [0.2, 0.25) is 10.0 Å². The van der Waals surface area contributed by atoms with Gasteiger partial charge in [0.15, 0.2) is 0 Å². The summed E-state index contributed by atoms with van der Waals surface area (Å²) < 4.78 is 29.3. The Morgan fingerprint density at radius 3 is 2.32 bits per heavy atom. The van der Waals surface area contributed by atoms with Gasteiger partial charge in [0.1, 0.15) is 12.1 Å². The molecule has 1 aliphatic heterocycles. The third-order valence-corrected chi connectivity index (χ3v) is 7.44. The molecule has 158 valence electrons. The van der Waals surface area contributed by atoms with Crippen LogP contribution in [0.2, 0.25) is 0 Å². The standard InChI is InChI=1S/C22H22N6O2S/c1-17-7-9-19(10-8-17)31(29,30)27-13-11-26(12-14-27)21-15-20(18-5-3-2-4-6-18)25-22-23-16-24-28(21)22/h2-10,15-16H,11-14H2,1H3. The van der Waals surface area contributed by atoms with Gasteiger partial charge in [-0.25, -0.2) is 13.4 Å². The van der Waals surface area contributed by atoms with Gasteiger partial charge in [-0.1, -0.05) is 48.0 Å². The largest absolute Gasteiger partial charge is 0.354 e. The van der Waals surface area contributed by atoms with Crippen molar-refractivity contribution in [2.45, 2.75) is 11.8 Å². The van der Waals surface area contributed by atoms with E-state index < -0.39 is 10.0 Å². The maximum Gasteiger partial charge on any atom is 0.254 e. The maximum atomic E-state index is 13.0. The highest BCUT2D eigenvalue weighted by Crippen LogP contribution is 2.26. The Morgan fingerprint density at radius 2 is 1.61 bits per heavy atom. The molecule has 0 atom stereocenters. The van der Waals surface area contributed by atoms with Gasteiger partial charge in [0.25, 0.3) is 5.78 Å². The van der Waals surface area contributed by atoms with Gasteiger partial charge in [-0.05, 0) is 19.1 Å². The van der Waals surface area contributed by atoms with Gasteiger partial charge in [-0.15, -0.1) is 0 Å². The summed E-state index contributed by atoms with van der Waals surface area (Å²) in [4.78, 5) is 11.4. The first-order valence-corrected chi connectivity index (χ1v) is 11.5. The smallest absolute Gasteiger partial charge is 0.254 e. The second-order valence-corrected chi connectivity index (χ2v) is 9.48. The van der Waals surface area contributed by atoms with Gasteiger partial charge >= 0.3 is 0 Å². The molecule has 5 rings (SSSR count). The van der Waals surface area contributed by atoms with Crippen LogP contribution in [0, 0.1) is 6.92 Å². The SMILES string of the molecule is Cc1ccc(S(=O)(=O)N2CCN(c3cc(-c4ccccc4)nc4ncnn34)CC2)cc1. The number of aryl methyl sites for hydroxylation is 1. The third-order valence-electron chi connectivity index (χ3n) is 5.52. The van der Waals surface area contributed by atoms with Crippen LogP contribution >= 0.6 is 0 Å². The van der Waals surface area contributed by atoms with Crippen LogP contribution in [-0.4, -0.2) is 58.5 Å². The van der Waals surface area contributed by atoms with Gasteiger partial charge < -0.3 is 4.90 Å². The highest BCUT2D eigenvalue weighted by atomic mass is 32.2. The lowest BCUT2D eigenvalue weighted by molar-refractivity contribution is 0.383. The Bertz CT molecular complexity index is 1310. The fourth-order valence-electron chi connectivity index (χ4n) is 3.80. The van der Waals surface area contributed by atoms with Gasteiger partial charge in [-0.2, -0.15) is 18.9 Å². The highest BCUT2D eigenvalue weighted by Gasteiger charge is 2.29. The summed E-state index contributed by atoms with van der Waals surface area (Å²) >= 11 is 0. The van der Waals surface area contributed by atoms with E-state index in [1.807, 2.05) is 55.5 Å². The summed E-state index contributed by atoms with van der Waals surface area (Å²) in [5.41, 5.74) is 2.84. The van der Waals surface area contributed by atoms with Crippen LogP contribution < -0.4 is 4.90 Å². The molecule has 0 unspecified atom stereocenters. The number of hydrogen-bond donors (Lipinski definition) is 0. The molecule has 2 aromatic heterocycles. The molecule has 31 heavy (non-hydrogen) atoms. The van der Waals surface area contributed by atoms with Crippen LogP contribution in [-0.2, 0) is 10.0 Å². The van der Waals surface area contributed by atoms with Gasteiger partial charge in [-0.3, -0.25) is 0 Å². The van der Waals surface area contributed by atoms with Crippen molar-refractivity contribution < 1.29 is 8.42 Å². The number of anilines is 1. The average Bonchev–Trinajstić information content (AvgIpc) is 3.28. The van der Waals surface area contributed by atoms with Crippen LogP contribution in [0.4, 0.5) is 5.82 Å². The van der Waals surface area contributed by atoms with Crippen molar-refractivity contribution in [2.75, 3.05) is 31.1 Å². The normalized spacial score (nSPS) is 15.5. The molecule has 0 radical (unpaired) electrons. The second kappa shape index (κ2) is 7.75. The quantitative estimate of drug-likeness (QED) is 0.491. The molecule has 0 amide bonds. The van der Waals surface area contributed by atoms with E-state index in [2.05, 4.69) is 20.0 Å². The summed E-state index contributed by atoms with van der Waals surface area (Å²) in [5, 5.41) is 4.32. The molecule has 0 N–H and O–H groups in total. The number of nitrogens with zero attached hydrogens (tertiary/aromatic N) is 6. The summed E-state index contributed by atoms with van der Waals surface area (Å²) in [7, 11) is -3.51. The van der Waals surface area contributed by atoms with E-state index in [0.29, 0.717) is 36.9 Å². The minimum atomic E-state index is -3.51. The van der Waals surface area contributed by atoms with Crippen molar-refractivity contribution in [2.24, 2.45) is 0 Å². The number of fused-ring (bicyclic) bond motifs is 1. The Kier molecular flexibility index (Phi) is 4.91. The first-order chi connectivity index (χ1) is 15.0. The zero-order valence-electron chi connectivity index (χ0n) is 17.1. The molecule has 0 aliphatic carbocycles. The molecule has 0 bridgehead atoms. The van der Waals surface area contributed by atoms with Gasteiger partial charge in [0.05, 0.1) is 10.6 Å². The van der Waals surface area contributed by atoms with Gasteiger partial charge in [0, 0.05) is 37.8 Å². The number of sulfonamides is 1. The van der Waals surface area contributed by atoms with E-state index in [0.717, 1.165) is 22.6 Å². The molecule has 3 heterocycles. The Balaban J connectivity index is 1.42. The fraction of sp³-hybridized carbons (Fsp3) is 0.227. The molecule has 0 saturated carbocycles. The first-order valence-electron chi connectivity index (χ1n) is 10.1. The zero-order chi connectivity index (χ0) is 21.4. The molecule has 2 aromatic carbocycles. The Hall–Kier alpha value is -3.30. The minimum Gasteiger partial charge on any atom is -0.354 e. The fourth-order valence-corrected chi connectivity index (χ4v) is 5.22. The summed E-state index contributed by atoms with van der Waals surface area (Å²) in [6.07, 6.45) is 1.48. The predicted octanol–water partition coefficient (Wildman–Crippen LogP) is 2.61. The molecule has 1 fully saturated rings. The van der Waals surface area contributed by atoms with Crippen molar-refractivity contribution in [3.63, 3.8) is 0 Å². The Morgan fingerprint density at radius 1 is 0.903 bits per heavy atom. The molecule has 0 spiro atoms. The molecule has 4 aromatic rings. The van der Waals surface area contributed by atoms with Crippen LogP contribution in [0.15, 0.2) is 71.9 Å². The van der Waals surface area contributed by atoms with E-state index in [1.54, 1.807) is 21.0 Å². The number of rotatable bonds is 4.